The Morgan fingerprint density at radius 3 is 1.21 bits per heavy atom. The molecule has 2 N–H and O–H groups in total. The van der Waals surface area contributed by atoms with E-state index >= 15 is 0 Å². The van der Waals surface area contributed by atoms with Crippen LogP contribution in [0.3, 0.4) is 0 Å². The summed E-state index contributed by atoms with van der Waals surface area (Å²) in [6.07, 6.45) is 19.0. The van der Waals surface area contributed by atoms with Crippen molar-refractivity contribution in [2.75, 3.05) is 5.84 Å². The van der Waals surface area contributed by atoms with Crippen molar-refractivity contribution in [1.82, 2.24) is 34.0 Å². The van der Waals surface area contributed by atoms with Crippen LogP contribution >= 0.6 is 0 Å². The van der Waals surface area contributed by atoms with E-state index in [1.807, 2.05) is 0 Å². The molecule has 0 saturated heterocycles. The summed E-state index contributed by atoms with van der Waals surface area (Å²) in [6, 6.07) is 14.1. The largest absolute Gasteiger partial charge is 0.336 e. The van der Waals surface area contributed by atoms with Gasteiger partial charge in [0.15, 0.2) is 11.6 Å². The van der Waals surface area contributed by atoms with E-state index < -0.39 is 0 Å². The van der Waals surface area contributed by atoms with Crippen LogP contribution in [0.25, 0.3) is 0 Å². The summed E-state index contributed by atoms with van der Waals surface area (Å²) in [5.74, 6) is 8.40. The maximum atomic E-state index is 6.85. The normalized spacial score (nSPS) is 12.2. The lowest BCUT2D eigenvalue weighted by atomic mass is 9.84. The second-order valence-electron chi connectivity index (χ2n) is 18.3. The monoisotopic (exact) mass is 761 g/mol. The standard InChI is InChI=1S/C48H72N8/c1-11-15-19-41-43(21-17-13-3)54(33-50-41)31-37-23-35(25-39(27-37)47(5,6)7)29-45-52-53-46(56(45)49)30-36-24-38(28-40(26-36)48(8,9)10)32-55-34-51-42(20-16-12-2)44(55)22-18-14-4/h23-28,33-34H,11-22,29-32,49H2,1-10H3. The molecule has 0 bridgehead atoms. The molecular formula is C48H72N8. The molecule has 0 radical (unpaired) electrons. The number of hydrogen-bond acceptors (Lipinski definition) is 5. The van der Waals surface area contributed by atoms with Gasteiger partial charge in [0.05, 0.1) is 24.0 Å². The minimum absolute atomic E-state index is 0.00109. The van der Waals surface area contributed by atoms with Gasteiger partial charge >= 0.3 is 0 Å². The van der Waals surface area contributed by atoms with Gasteiger partial charge < -0.3 is 15.0 Å². The molecule has 3 aromatic heterocycles. The number of nitrogen functional groups attached to an aromatic ring is 1. The molecule has 0 unspecified atom stereocenters. The predicted octanol–water partition coefficient (Wildman–Crippen LogP) is 10.6. The Hall–Kier alpha value is -4.20. The molecule has 56 heavy (non-hydrogen) atoms. The molecular weight excluding hydrogens is 689 g/mol. The highest BCUT2D eigenvalue weighted by Gasteiger charge is 2.21. The number of imidazole rings is 2. The Labute approximate surface area is 338 Å². The molecule has 2 aromatic carbocycles. The van der Waals surface area contributed by atoms with Gasteiger partial charge in [-0.05, 0) is 95.6 Å². The molecule has 304 valence electrons. The van der Waals surface area contributed by atoms with Crippen molar-refractivity contribution >= 4 is 0 Å². The Morgan fingerprint density at radius 2 is 0.857 bits per heavy atom. The average molecular weight is 761 g/mol. The summed E-state index contributed by atoms with van der Waals surface area (Å²) in [5.41, 5.74) is 12.9. The lowest BCUT2D eigenvalue weighted by Crippen LogP contribution is -2.18. The number of aryl methyl sites for hydroxylation is 2. The van der Waals surface area contributed by atoms with Crippen molar-refractivity contribution in [3.63, 3.8) is 0 Å². The van der Waals surface area contributed by atoms with Crippen molar-refractivity contribution in [3.05, 3.63) is 117 Å². The Bertz CT molecular complexity index is 1850. The van der Waals surface area contributed by atoms with Gasteiger partial charge in [0.25, 0.3) is 0 Å². The number of hydrogen-bond donors (Lipinski definition) is 1. The van der Waals surface area contributed by atoms with Gasteiger partial charge in [0.1, 0.15) is 0 Å². The van der Waals surface area contributed by atoms with Crippen LogP contribution in [0.5, 0.6) is 0 Å². The summed E-state index contributed by atoms with van der Waals surface area (Å²) < 4.78 is 6.50. The van der Waals surface area contributed by atoms with Crippen molar-refractivity contribution in [1.29, 1.82) is 0 Å². The van der Waals surface area contributed by atoms with Crippen LogP contribution in [0.1, 0.15) is 188 Å². The van der Waals surface area contributed by atoms with Gasteiger partial charge in [0, 0.05) is 37.3 Å². The summed E-state index contributed by atoms with van der Waals surface area (Å²) in [7, 11) is 0. The zero-order chi connectivity index (χ0) is 40.5. The number of nitrogens with two attached hydrogens (primary N) is 1. The lowest BCUT2D eigenvalue weighted by molar-refractivity contribution is 0.587. The van der Waals surface area contributed by atoms with E-state index in [4.69, 9.17) is 15.8 Å². The summed E-state index contributed by atoms with van der Waals surface area (Å²) in [5, 5.41) is 9.36. The Morgan fingerprint density at radius 1 is 0.500 bits per heavy atom. The third-order valence-electron chi connectivity index (χ3n) is 11.2. The van der Waals surface area contributed by atoms with Gasteiger partial charge in [-0.2, -0.15) is 0 Å². The van der Waals surface area contributed by atoms with Gasteiger partial charge in [-0.1, -0.05) is 131 Å². The van der Waals surface area contributed by atoms with Gasteiger partial charge in [-0.15, -0.1) is 10.2 Å². The molecule has 0 spiro atoms. The fourth-order valence-electron chi connectivity index (χ4n) is 7.68. The third-order valence-corrected chi connectivity index (χ3v) is 11.2. The average Bonchev–Trinajstić information content (AvgIpc) is 3.83. The van der Waals surface area contributed by atoms with Crippen LogP contribution in [0.15, 0.2) is 49.1 Å². The lowest BCUT2D eigenvalue weighted by Gasteiger charge is -2.22. The van der Waals surface area contributed by atoms with Crippen LogP contribution in [0, 0.1) is 0 Å². The zero-order valence-electron chi connectivity index (χ0n) is 36.6. The molecule has 0 fully saturated rings. The molecule has 0 aliphatic carbocycles. The first-order valence-electron chi connectivity index (χ1n) is 21.7. The van der Waals surface area contributed by atoms with Crippen molar-refractivity contribution in [3.8, 4) is 0 Å². The highest BCUT2D eigenvalue weighted by atomic mass is 15.4. The summed E-state index contributed by atoms with van der Waals surface area (Å²) >= 11 is 0. The quantitative estimate of drug-likeness (QED) is 0.0798. The summed E-state index contributed by atoms with van der Waals surface area (Å²) in [6.45, 7) is 24.4. The molecule has 0 atom stereocenters. The number of benzene rings is 2. The molecule has 0 saturated carbocycles. The highest BCUT2D eigenvalue weighted by Crippen LogP contribution is 2.29. The summed E-state index contributed by atoms with van der Waals surface area (Å²) in [4.78, 5) is 9.81. The van der Waals surface area contributed by atoms with E-state index in [-0.39, 0.29) is 10.8 Å². The van der Waals surface area contributed by atoms with E-state index in [0.29, 0.717) is 12.8 Å². The Kier molecular flexibility index (Phi) is 14.8. The van der Waals surface area contributed by atoms with Crippen molar-refractivity contribution in [2.45, 2.75) is 183 Å². The first-order valence-corrected chi connectivity index (χ1v) is 21.7. The number of rotatable bonds is 20. The first kappa shape index (κ1) is 42.9. The molecule has 5 aromatic rings. The third kappa shape index (κ3) is 11.2. The van der Waals surface area contributed by atoms with E-state index in [1.54, 1.807) is 4.68 Å². The van der Waals surface area contributed by atoms with Crippen LogP contribution < -0.4 is 5.84 Å². The second-order valence-corrected chi connectivity index (χ2v) is 18.3. The molecule has 0 aliphatic heterocycles. The first-order chi connectivity index (χ1) is 26.7. The molecule has 8 heteroatoms. The van der Waals surface area contributed by atoms with Crippen LogP contribution in [-0.4, -0.2) is 34.0 Å². The number of aromatic nitrogens is 7. The minimum atomic E-state index is -0.00109. The number of unbranched alkanes of at least 4 members (excludes halogenated alkanes) is 4. The molecule has 0 amide bonds. The van der Waals surface area contributed by atoms with E-state index in [0.717, 1.165) is 50.4 Å². The molecule has 5 rings (SSSR count). The van der Waals surface area contributed by atoms with Gasteiger partial charge in [-0.25, -0.2) is 14.6 Å². The molecule has 0 aliphatic rings. The maximum Gasteiger partial charge on any atom is 0.156 e. The zero-order valence-corrected chi connectivity index (χ0v) is 36.6. The maximum absolute atomic E-state index is 6.85. The van der Waals surface area contributed by atoms with Crippen LogP contribution in [0.4, 0.5) is 0 Å². The van der Waals surface area contributed by atoms with E-state index in [2.05, 4.69) is 138 Å². The van der Waals surface area contributed by atoms with E-state index in [1.165, 1.54) is 108 Å². The smallest absolute Gasteiger partial charge is 0.156 e. The van der Waals surface area contributed by atoms with Crippen molar-refractivity contribution < 1.29 is 0 Å². The SMILES string of the molecule is CCCCc1ncn(Cc2cc(Cc3nnc(Cc4cc(Cn5cnc(CCCC)c5CCCC)cc(C(C)(C)C)c4)n3N)cc(C(C)(C)C)c2)c1CCCC. The predicted molar refractivity (Wildman–Crippen MR) is 233 cm³/mol. The fourth-order valence-corrected chi connectivity index (χ4v) is 7.68. The van der Waals surface area contributed by atoms with E-state index in [9.17, 15) is 0 Å². The minimum Gasteiger partial charge on any atom is -0.336 e. The fraction of sp³-hybridized carbons (Fsp3) is 0.583. The second kappa shape index (κ2) is 19.3. The van der Waals surface area contributed by atoms with Crippen molar-refractivity contribution in [2.24, 2.45) is 0 Å². The topological polar surface area (TPSA) is 92.4 Å². The highest BCUT2D eigenvalue weighted by molar-refractivity contribution is 5.38. The molecule has 3 heterocycles. The Balaban J connectivity index is 1.41. The molecule has 8 nitrogen and oxygen atoms in total. The van der Waals surface area contributed by atoms with Crippen LogP contribution in [-0.2, 0) is 62.4 Å². The van der Waals surface area contributed by atoms with Gasteiger partial charge in [-0.3, -0.25) is 0 Å². The van der Waals surface area contributed by atoms with Crippen LogP contribution in [0.2, 0.25) is 0 Å². The number of nitrogens with zero attached hydrogens (tertiary/aromatic N) is 7. The van der Waals surface area contributed by atoms with Gasteiger partial charge in [0.2, 0.25) is 0 Å².